The maximum Gasteiger partial charge on any atom is 0.0774 e. The molecule has 0 aromatic heterocycles. The number of nitrogens with one attached hydrogen (secondary N) is 1. The summed E-state index contributed by atoms with van der Waals surface area (Å²) in [5.74, 6) is 0. The van der Waals surface area contributed by atoms with E-state index in [0.717, 1.165) is 19.4 Å². The third-order valence-electron chi connectivity index (χ3n) is 4.47. The summed E-state index contributed by atoms with van der Waals surface area (Å²) in [6.07, 6.45) is 4.21. The van der Waals surface area contributed by atoms with Gasteiger partial charge in [0.05, 0.1) is 18.2 Å². The van der Waals surface area contributed by atoms with Gasteiger partial charge in [-0.25, -0.2) is 0 Å². The molecule has 1 saturated heterocycles. The highest BCUT2D eigenvalue weighted by molar-refractivity contribution is 5.38. The zero-order valence-electron chi connectivity index (χ0n) is 13.6. The third kappa shape index (κ3) is 3.42. The maximum absolute atomic E-state index is 6.14. The summed E-state index contributed by atoms with van der Waals surface area (Å²) in [5.41, 5.74) is 5.55. The second-order valence-corrected chi connectivity index (χ2v) is 6.29. The van der Waals surface area contributed by atoms with Crippen molar-refractivity contribution in [3.8, 4) is 0 Å². The Bertz CT molecular complexity index is 455. The summed E-state index contributed by atoms with van der Waals surface area (Å²) in [6.45, 7) is 12.1. The molecule has 2 rings (SSSR count). The van der Waals surface area contributed by atoms with Crippen molar-refractivity contribution in [1.29, 1.82) is 0 Å². The average Bonchev–Trinajstić information content (AvgIpc) is 2.82. The van der Waals surface area contributed by atoms with Crippen LogP contribution in [-0.4, -0.2) is 18.8 Å². The summed E-state index contributed by atoms with van der Waals surface area (Å²) in [4.78, 5) is 0. The Balaban J connectivity index is 2.28. The first kappa shape index (κ1) is 15.5. The van der Waals surface area contributed by atoms with Crippen molar-refractivity contribution in [2.75, 3.05) is 6.54 Å². The van der Waals surface area contributed by atoms with Gasteiger partial charge in [-0.15, -0.1) is 0 Å². The highest BCUT2D eigenvalue weighted by Gasteiger charge is 2.31. The van der Waals surface area contributed by atoms with Crippen LogP contribution in [0.2, 0.25) is 0 Å². The Hall–Kier alpha value is -0.860. The molecule has 1 N–H and O–H groups in total. The second-order valence-electron chi connectivity index (χ2n) is 6.29. The Morgan fingerprint density at radius 2 is 1.85 bits per heavy atom. The van der Waals surface area contributed by atoms with E-state index in [4.69, 9.17) is 4.74 Å². The zero-order chi connectivity index (χ0) is 14.7. The molecule has 20 heavy (non-hydrogen) atoms. The molecule has 1 heterocycles. The summed E-state index contributed by atoms with van der Waals surface area (Å²) in [7, 11) is 0. The molecule has 1 aliphatic rings. The van der Waals surface area contributed by atoms with E-state index in [9.17, 15) is 0 Å². The number of hydrogen-bond acceptors (Lipinski definition) is 2. The molecule has 1 fully saturated rings. The van der Waals surface area contributed by atoms with E-state index >= 15 is 0 Å². The summed E-state index contributed by atoms with van der Waals surface area (Å²) in [6, 6.07) is 4.99. The Kier molecular flexibility index (Phi) is 5.22. The molecule has 0 spiro atoms. The Morgan fingerprint density at radius 1 is 1.15 bits per heavy atom. The first-order chi connectivity index (χ1) is 9.52. The van der Waals surface area contributed by atoms with Gasteiger partial charge in [-0.2, -0.15) is 0 Å². The van der Waals surface area contributed by atoms with Gasteiger partial charge in [0.15, 0.2) is 0 Å². The lowest BCUT2D eigenvalue weighted by atomic mass is 9.91. The average molecular weight is 275 g/mol. The molecule has 0 amide bonds. The molecule has 1 aromatic carbocycles. The number of benzene rings is 1. The monoisotopic (exact) mass is 275 g/mol. The van der Waals surface area contributed by atoms with Crippen molar-refractivity contribution in [1.82, 2.24) is 5.32 Å². The van der Waals surface area contributed by atoms with Crippen molar-refractivity contribution in [2.45, 2.75) is 72.1 Å². The fourth-order valence-corrected chi connectivity index (χ4v) is 3.14. The van der Waals surface area contributed by atoms with Crippen LogP contribution >= 0.6 is 0 Å². The topological polar surface area (TPSA) is 21.3 Å². The van der Waals surface area contributed by atoms with Crippen LogP contribution in [0.25, 0.3) is 0 Å². The van der Waals surface area contributed by atoms with Gasteiger partial charge >= 0.3 is 0 Å². The quantitative estimate of drug-likeness (QED) is 0.868. The summed E-state index contributed by atoms with van der Waals surface area (Å²) < 4.78 is 6.14. The first-order valence-corrected chi connectivity index (χ1v) is 7.99. The highest BCUT2D eigenvalue weighted by Crippen LogP contribution is 2.32. The lowest BCUT2D eigenvalue weighted by molar-refractivity contribution is 0.0315. The zero-order valence-corrected chi connectivity index (χ0v) is 13.6. The van der Waals surface area contributed by atoms with Crippen LogP contribution in [0, 0.1) is 20.8 Å². The van der Waals surface area contributed by atoms with E-state index < -0.39 is 0 Å². The van der Waals surface area contributed by atoms with Crippen LogP contribution in [0.1, 0.15) is 61.4 Å². The predicted octanol–water partition coefficient (Wildman–Crippen LogP) is 4.22. The SMILES string of the molecule is CCCNC(c1cc(C)c(C)cc1C)C1CCC(C)O1. The van der Waals surface area contributed by atoms with E-state index in [2.05, 4.69) is 52.1 Å². The minimum atomic E-state index is 0.317. The molecule has 2 nitrogen and oxygen atoms in total. The molecule has 112 valence electrons. The molecule has 0 aliphatic carbocycles. The lowest BCUT2D eigenvalue weighted by Crippen LogP contribution is -2.33. The van der Waals surface area contributed by atoms with E-state index in [0.29, 0.717) is 18.2 Å². The minimum Gasteiger partial charge on any atom is -0.373 e. The minimum absolute atomic E-state index is 0.317. The standard InChI is InChI=1S/C18H29NO/c1-6-9-19-18(17-8-7-15(5)20-17)16-11-13(3)12(2)10-14(16)4/h10-11,15,17-19H,6-9H2,1-5H3. The number of hydrogen-bond donors (Lipinski definition) is 1. The molecule has 0 saturated carbocycles. The van der Waals surface area contributed by atoms with E-state index in [1.54, 1.807) is 0 Å². The molecule has 1 aromatic rings. The van der Waals surface area contributed by atoms with Gasteiger partial charge in [0.1, 0.15) is 0 Å². The summed E-state index contributed by atoms with van der Waals surface area (Å²) >= 11 is 0. The Morgan fingerprint density at radius 3 is 2.45 bits per heavy atom. The van der Waals surface area contributed by atoms with Crippen molar-refractivity contribution in [3.05, 3.63) is 34.4 Å². The van der Waals surface area contributed by atoms with E-state index in [1.807, 2.05) is 0 Å². The van der Waals surface area contributed by atoms with E-state index in [1.165, 1.54) is 28.7 Å². The molecular formula is C18H29NO. The van der Waals surface area contributed by atoms with Crippen molar-refractivity contribution >= 4 is 0 Å². The molecule has 0 bridgehead atoms. The molecular weight excluding hydrogens is 246 g/mol. The number of rotatable bonds is 5. The largest absolute Gasteiger partial charge is 0.373 e. The van der Waals surface area contributed by atoms with Crippen LogP contribution < -0.4 is 5.32 Å². The van der Waals surface area contributed by atoms with Crippen molar-refractivity contribution < 1.29 is 4.74 Å². The number of ether oxygens (including phenoxy) is 1. The molecule has 3 atom stereocenters. The summed E-state index contributed by atoms with van der Waals surface area (Å²) in [5, 5.41) is 3.71. The van der Waals surface area contributed by atoms with Crippen LogP contribution in [0.4, 0.5) is 0 Å². The van der Waals surface area contributed by atoms with Crippen molar-refractivity contribution in [2.24, 2.45) is 0 Å². The molecule has 1 aliphatic heterocycles. The van der Waals surface area contributed by atoms with Gasteiger partial charge in [0, 0.05) is 0 Å². The smallest absolute Gasteiger partial charge is 0.0774 e. The number of aryl methyl sites for hydroxylation is 3. The molecule has 2 heteroatoms. The van der Waals surface area contributed by atoms with E-state index in [-0.39, 0.29) is 0 Å². The van der Waals surface area contributed by atoms with Gasteiger partial charge in [0.25, 0.3) is 0 Å². The van der Waals surface area contributed by atoms with Crippen LogP contribution in [0.15, 0.2) is 12.1 Å². The molecule has 3 unspecified atom stereocenters. The maximum atomic E-state index is 6.14. The van der Waals surface area contributed by atoms with Gasteiger partial charge in [-0.3, -0.25) is 0 Å². The third-order valence-corrected chi connectivity index (χ3v) is 4.47. The van der Waals surface area contributed by atoms with Gasteiger partial charge in [-0.05, 0) is 75.8 Å². The first-order valence-electron chi connectivity index (χ1n) is 7.99. The molecule has 0 radical (unpaired) electrons. The predicted molar refractivity (Wildman–Crippen MR) is 85.3 cm³/mol. The lowest BCUT2D eigenvalue weighted by Gasteiger charge is -2.27. The van der Waals surface area contributed by atoms with Crippen LogP contribution in [-0.2, 0) is 4.74 Å². The van der Waals surface area contributed by atoms with Crippen molar-refractivity contribution in [3.63, 3.8) is 0 Å². The fraction of sp³-hybridized carbons (Fsp3) is 0.667. The fourth-order valence-electron chi connectivity index (χ4n) is 3.14. The van der Waals surface area contributed by atoms with Crippen LogP contribution in [0.3, 0.4) is 0 Å². The normalized spacial score (nSPS) is 24.1. The van der Waals surface area contributed by atoms with Gasteiger partial charge < -0.3 is 10.1 Å². The second kappa shape index (κ2) is 6.73. The van der Waals surface area contributed by atoms with Crippen LogP contribution in [0.5, 0.6) is 0 Å². The Labute approximate surface area is 123 Å². The van der Waals surface area contributed by atoms with Gasteiger partial charge in [0.2, 0.25) is 0 Å². The van der Waals surface area contributed by atoms with Gasteiger partial charge in [-0.1, -0.05) is 19.1 Å². The highest BCUT2D eigenvalue weighted by atomic mass is 16.5.